The van der Waals surface area contributed by atoms with Crippen LogP contribution in [0.2, 0.25) is 0 Å². The van der Waals surface area contributed by atoms with E-state index in [2.05, 4.69) is 5.32 Å². The first kappa shape index (κ1) is 22.0. The van der Waals surface area contributed by atoms with Gasteiger partial charge in [0.25, 0.3) is 0 Å². The maximum Gasteiger partial charge on any atom is 0.317 e. The number of nitrogens with zero attached hydrogens (tertiary/aromatic N) is 2. The molecule has 0 unspecified atom stereocenters. The molecule has 1 aliphatic rings. The quantitative estimate of drug-likeness (QED) is 0.708. The third kappa shape index (κ3) is 5.09. The predicted molar refractivity (Wildman–Crippen MR) is 112 cm³/mol. The van der Waals surface area contributed by atoms with Gasteiger partial charge in [-0.15, -0.1) is 0 Å². The van der Waals surface area contributed by atoms with Crippen LogP contribution in [-0.4, -0.2) is 63.0 Å². The zero-order chi connectivity index (χ0) is 21.7. The van der Waals surface area contributed by atoms with Crippen LogP contribution in [0, 0.1) is 19.7 Å². The highest BCUT2D eigenvalue weighted by molar-refractivity contribution is 7.89. The summed E-state index contributed by atoms with van der Waals surface area (Å²) in [5, 5.41) is 2.71. The summed E-state index contributed by atoms with van der Waals surface area (Å²) in [6, 6.07) is 11.0. The number of nitrogens with one attached hydrogen (secondary N) is 1. The summed E-state index contributed by atoms with van der Waals surface area (Å²) in [6.45, 7) is 5.11. The van der Waals surface area contributed by atoms with Gasteiger partial charge in [0, 0.05) is 26.2 Å². The number of hydrogen-bond donors (Lipinski definition) is 1. The number of carbonyl (C=O) groups excluding carboxylic acids is 1. The van der Waals surface area contributed by atoms with Gasteiger partial charge in [0.2, 0.25) is 10.0 Å². The highest BCUT2D eigenvalue weighted by Gasteiger charge is 2.30. The summed E-state index contributed by atoms with van der Waals surface area (Å²) < 4.78 is 46.1. The van der Waals surface area contributed by atoms with E-state index in [1.54, 1.807) is 36.1 Å². The number of amides is 2. The molecule has 0 saturated carbocycles. The minimum atomic E-state index is -3.59. The molecule has 2 aromatic carbocycles. The Morgan fingerprint density at radius 3 is 2.47 bits per heavy atom. The standard InChI is InChI=1S/C21H26FN3O4S/c1-16-7-8-20(17(2)15-16)30(27,28)25-12-10-24(11-13-25)21(26)23-9-14-29-19-6-4-3-5-18(19)22/h3-8,15H,9-14H2,1-2H3,(H,23,26). The van der Waals surface area contributed by atoms with E-state index in [0.717, 1.165) is 5.56 Å². The first-order valence-electron chi connectivity index (χ1n) is 9.76. The predicted octanol–water partition coefficient (Wildman–Crippen LogP) is 2.54. The van der Waals surface area contributed by atoms with E-state index in [1.165, 1.54) is 16.4 Å². The fourth-order valence-electron chi connectivity index (χ4n) is 3.35. The molecule has 1 aliphatic heterocycles. The molecular formula is C21H26FN3O4S. The third-order valence-electron chi connectivity index (χ3n) is 4.95. The summed E-state index contributed by atoms with van der Waals surface area (Å²) in [6.07, 6.45) is 0. The number of carbonyl (C=O) groups is 1. The van der Waals surface area contributed by atoms with Crippen molar-refractivity contribution < 1.29 is 22.3 Å². The smallest absolute Gasteiger partial charge is 0.317 e. The number of ether oxygens (including phenoxy) is 1. The monoisotopic (exact) mass is 435 g/mol. The second-order valence-electron chi connectivity index (χ2n) is 7.17. The molecular weight excluding hydrogens is 409 g/mol. The highest BCUT2D eigenvalue weighted by Crippen LogP contribution is 2.22. The molecule has 1 fully saturated rings. The largest absolute Gasteiger partial charge is 0.489 e. The molecule has 2 amide bonds. The number of para-hydroxylation sites is 1. The van der Waals surface area contributed by atoms with Gasteiger partial charge in [-0.1, -0.05) is 29.8 Å². The first-order chi connectivity index (χ1) is 14.3. The Labute approximate surface area is 176 Å². The van der Waals surface area contributed by atoms with E-state index in [-0.39, 0.29) is 38.0 Å². The van der Waals surface area contributed by atoms with Gasteiger partial charge < -0.3 is 15.0 Å². The zero-order valence-corrected chi connectivity index (χ0v) is 17.9. The maximum atomic E-state index is 13.5. The lowest BCUT2D eigenvalue weighted by Crippen LogP contribution is -2.53. The first-order valence-corrected chi connectivity index (χ1v) is 11.2. The molecule has 1 heterocycles. The topological polar surface area (TPSA) is 79.0 Å². The van der Waals surface area contributed by atoms with Crippen molar-refractivity contribution in [2.45, 2.75) is 18.7 Å². The van der Waals surface area contributed by atoms with Crippen LogP contribution in [0.15, 0.2) is 47.4 Å². The molecule has 0 spiro atoms. The second kappa shape index (κ2) is 9.44. The van der Waals surface area contributed by atoms with Crippen LogP contribution in [0.25, 0.3) is 0 Å². The Morgan fingerprint density at radius 2 is 1.80 bits per heavy atom. The Morgan fingerprint density at radius 1 is 1.10 bits per heavy atom. The van der Waals surface area contributed by atoms with Gasteiger partial charge in [-0.05, 0) is 37.6 Å². The number of piperazine rings is 1. The number of aryl methyl sites for hydroxylation is 2. The van der Waals surface area contributed by atoms with Crippen LogP contribution in [-0.2, 0) is 10.0 Å². The Hall–Kier alpha value is -2.65. The molecule has 3 rings (SSSR count). The second-order valence-corrected chi connectivity index (χ2v) is 9.08. The van der Waals surface area contributed by atoms with Crippen molar-refractivity contribution >= 4 is 16.1 Å². The van der Waals surface area contributed by atoms with E-state index in [1.807, 2.05) is 13.0 Å². The lowest BCUT2D eigenvalue weighted by atomic mass is 10.2. The van der Waals surface area contributed by atoms with E-state index in [4.69, 9.17) is 4.74 Å². The van der Waals surface area contributed by atoms with Crippen molar-refractivity contribution in [2.75, 3.05) is 39.3 Å². The van der Waals surface area contributed by atoms with Gasteiger partial charge in [0.1, 0.15) is 6.61 Å². The molecule has 0 atom stereocenters. The number of halogens is 1. The number of urea groups is 1. The number of benzene rings is 2. The van der Waals surface area contributed by atoms with Gasteiger partial charge in [-0.25, -0.2) is 17.6 Å². The zero-order valence-electron chi connectivity index (χ0n) is 17.1. The van der Waals surface area contributed by atoms with Crippen LogP contribution < -0.4 is 10.1 Å². The van der Waals surface area contributed by atoms with Crippen molar-refractivity contribution in [1.82, 2.24) is 14.5 Å². The van der Waals surface area contributed by atoms with Crippen molar-refractivity contribution in [3.8, 4) is 5.75 Å². The molecule has 30 heavy (non-hydrogen) atoms. The summed E-state index contributed by atoms with van der Waals surface area (Å²) in [4.78, 5) is 14.2. The minimum absolute atomic E-state index is 0.133. The molecule has 0 bridgehead atoms. The van der Waals surface area contributed by atoms with Gasteiger partial charge in [0.15, 0.2) is 11.6 Å². The number of hydrogen-bond acceptors (Lipinski definition) is 4. The molecule has 0 aromatic heterocycles. The van der Waals surface area contributed by atoms with Crippen molar-refractivity contribution in [2.24, 2.45) is 0 Å². The SMILES string of the molecule is Cc1ccc(S(=O)(=O)N2CCN(C(=O)NCCOc3ccccc3F)CC2)c(C)c1. The summed E-state index contributed by atoms with van der Waals surface area (Å²) in [7, 11) is -3.59. The molecule has 0 aliphatic carbocycles. The van der Waals surface area contributed by atoms with Gasteiger partial charge >= 0.3 is 6.03 Å². The summed E-state index contributed by atoms with van der Waals surface area (Å²) in [5.41, 5.74) is 1.72. The van der Waals surface area contributed by atoms with E-state index in [0.29, 0.717) is 23.5 Å². The van der Waals surface area contributed by atoms with Crippen LogP contribution in [0.4, 0.5) is 9.18 Å². The Bertz CT molecular complexity index is 1010. The Balaban J connectivity index is 1.47. The molecule has 2 aromatic rings. The van der Waals surface area contributed by atoms with E-state index >= 15 is 0 Å². The van der Waals surface area contributed by atoms with Crippen LogP contribution in [0.3, 0.4) is 0 Å². The molecule has 1 N–H and O–H groups in total. The third-order valence-corrected chi connectivity index (χ3v) is 7.01. The molecule has 0 radical (unpaired) electrons. The Kier molecular flexibility index (Phi) is 6.94. The summed E-state index contributed by atoms with van der Waals surface area (Å²) in [5.74, 6) is -0.318. The minimum Gasteiger partial charge on any atom is -0.489 e. The highest BCUT2D eigenvalue weighted by atomic mass is 32.2. The molecule has 1 saturated heterocycles. The van der Waals surface area contributed by atoms with Crippen molar-refractivity contribution in [1.29, 1.82) is 0 Å². The van der Waals surface area contributed by atoms with Crippen molar-refractivity contribution in [3.63, 3.8) is 0 Å². The normalized spacial score (nSPS) is 15.1. The molecule has 9 heteroatoms. The average molecular weight is 436 g/mol. The van der Waals surface area contributed by atoms with E-state index in [9.17, 15) is 17.6 Å². The van der Waals surface area contributed by atoms with Crippen LogP contribution in [0.1, 0.15) is 11.1 Å². The molecule has 162 valence electrons. The molecule has 7 nitrogen and oxygen atoms in total. The van der Waals surface area contributed by atoms with E-state index < -0.39 is 15.8 Å². The maximum absolute atomic E-state index is 13.5. The lowest BCUT2D eigenvalue weighted by Gasteiger charge is -2.34. The fraction of sp³-hybridized carbons (Fsp3) is 0.381. The van der Waals surface area contributed by atoms with Gasteiger partial charge in [-0.2, -0.15) is 4.31 Å². The summed E-state index contributed by atoms with van der Waals surface area (Å²) >= 11 is 0. The van der Waals surface area contributed by atoms with Crippen LogP contribution in [0.5, 0.6) is 5.75 Å². The van der Waals surface area contributed by atoms with Crippen molar-refractivity contribution in [3.05, 3.63) is 59.4 Å². The number of rotatable bonds is 6. The van der Waals surface area contributed by atoms with Crippen LogP contribution >= 0.6 is 0 Å². The van der Waals surface area contributed by atoms with Gasteiger partial charge in [0.05, 0.1) is 11.4 Å². The number of sulfonamides is 1. The average Bonchev–Trinajstić information content (AvgIpc) is 2.72. The lowest BCUT2D eigenvalue weighted by molar-refractivity contribution is 0.170. The van der Waals surface area contributed by atoms with Gasteiger partial charge in [-0.3, -0.25) is 0 Å². The fourth-order valence-corrected chi connectivity index (χ4v) is 4.98.